The molecule has 0 aliphatic heterocycles. The summed E-state index contributed by atoms with van der Waals surface area (Å²) in [4.78, 5) is 4.06. The molecular weight excluding hydrogens is 186 g/mol. The third kappa shape index (κ3) is 2.85. The van der Waals surface area contributed by atoms with E-state index in [0.29, 0.717) is 5.82 Å². The number of nitrogens with one attached hydrogen (secondary N) is 1. The van der Waals surface area contributed by atoms with Gasteiger partial charge in [0, 0.05) is 12.7 Å². The average Bonchev–Trinajstić information content (AvgIpc) is 2.29. The fourth-order valence-corrected chi connectivity index (χ4v) is 2.21. The molecule has 3 nitrogen and oxygen atoms in total. The molecule has 0 aromatic carbocycles. The number of rotatable bonds is 3. The number of nitrogens with zero attached hydrogens (tertiary/aromatic N) is 1. The van der Waals surface area contributed by atoms with E-state index in [9.17, 15) is 0 Å². The van der Waals surface area contributed by atoms with Gasteiger partial charge in [-0.2, -0.15) is 0 Å². The second-order valence-electron chi connectivity index (χ2n) is 4.32. The highest BCUT2D eigenvalue weighted by Crippen LogP contribution is 2.24. The van der Waals surface area contributed by atoms with Crippen molar-refractivity contribution in [3.63, 3.8) is 0 Å². The summed E-state index contributed by atoms with van der Waals surface area (Å²) >= 11 is 0. The van der Waals surface area contributed by atoms with E-state index in [-0.39, 0.29) is 0 Å². The van der Waals surface area contributed by atoms with Gasteiger partial charge in [-0.1, -0.05) is 19.3 Å². The molecule has 0 unspecified atom stereocenters. The second-order valence-corrected chi connectivity index (χ2v) is 4.32. The van der Waals surface area contributed by atoms with Crippen LogP contribution in [0.25, 0.3) is 0 Å². The van der Waals surface area contributed by atoms with E-state index in [1.54, 1.807) is 6.20 Å². The Balaban J connectivity index is 1.84. The minimum absolute atomic E-state index is 0.605. The van der Waals surface area contributed by atoms with Crippen LogP contribution in [0.1, 0.15) is 32.1 Å². The molecule has 1 aliphatic rings. The molecule has 0 amide bonds. The fraction of sp³-hybridized carbons (Fsp3) is 0.583. The lowest BCUT2D eigenvalue weighted by molar-refractivity contribution is 0.373. The maximum Gasteiger partial charge on any atom is 0.146 e. The van der Waals surface area contributed by atoms with Crippen molar-refractivity contribution in [1.29, 1.82) is 0 Å². The monoisotopic (exact) mass is 205 g/mol. The van der Waals surface area contributed by atoms with E-state index < -0.39 is 0 Å². The van der Waals surface area contributed by atoms with Crippen LogP contribution in [0.3, 0.4) is 0 Å². The van der Waals surface area contributed by atoms with Crippen LogP contribution in [0.5, 0.6) is 0 Å². The smallest absolute Gasteiger partial charge is 0.146 e. The van der Waals surface area contributed by atoms with Crippen LogP contribution in [0.15, 0.2) is 18.3 Å². The quantitative estimate of drug-likeness (QED) is 0.797. The Morgan fingerprint density at radius 2 is 2.13 bits per heavy atom. The van der Waals surface area contributed by atoms with Crippen LogP contribution in [0.2, 0.25) is 0 Å². The van der Waals surface area contributed by atoms with Crippen LogP contribution >= 0.6 is 0 Å². The molecular formula is C12H19N3. The molecule has 2 rings (SSSR count). The highest BCUT2D eigenvalue weighted by molar-refractivity contribution is 5.60. The first-order valence-electron chi connectivity index (χ1n) is 5.80. The Hall–Kier alpha value is -1.25. The van der Waals surface area contributed by atoms with Gasteiger partial charge >= 0.3 is 0 Å². The van der Waals surface area contributed by atoms with Crippen molar-refractivity contribution in [2.75, 3.05) is 17.6 Å². The van der Waals surface area contributed by atoms with Crippen molar-refractivity contribution in [2.24, 2.45) is 5.92 Å². The summed E-state index contributed by atoms with van der Waals surface area (Å²) in [5.41, 5.74) is 6.74. The third-order valence-corrected chi connectivity index (χ3v) is 3.14. The Bertz CT molecular complexity index is 305. The predicted molar refractivity (Wildman–Crippen MR) is 63.7 cm³/mol. The third-order valence-electron chi connectivity index (χ3n) is 3.14. The molecule has 1 heterocycles. The van der Waals surface area contributed by atoms with E-state index in [1.165, 1.54) is 32.1 Å². The molecule has 1 aliphatic carbocycles. The summed E-state index contributed by atoms with van der Waals surface area (Å²) in [5, 5.41) is 3.40. The lowest BCUT2D eigenvalue weighted by atomic mass is 9.89. The van der Waals surface area contributed by atoms with E-state index in [0.717, 1.165) is 18.2 Å². The number of nitrogen functional groups attached to an aromatic ring is 1. The molecule has 0 atom stereocenters. The maximum absolute atomic E-state index is 5.76. The summed E-state index contributed by atoms with van der Waals surface area (Å²) in [7, 11) is 0. The highest BCUT2D eigenvalue weighted by atomic mass is 14.9. The zero-order chi connectivity index (χ0) is 10.5. The summed E-state index contributed by atoms with van der Waals surface area (Å²) in [6.07, 6.45) is 8.61. The highest BCUT2D eigenvalue weighted by Gasteiger charge is 2.13. The molecule has 15 heavy (non-hydrogen) atoms. The summed E-state index contributed by atoms with van der Waals surface area (Å²) in [6, 6.07) is 3.91. The SMILES string of the molecule is Nc1ncccc1NCC1CCCCC1. The van der Waals surface area contributed by atoms with Crippen molar-refractivity contribution >= 4 is 11.5 Å². The van der Waals surface area contributed by atoms with Gasteiger partial charge in [0.15, 0.2) is 0 Å². The Labute approximate surface area is 91.1 Å². The van der Waals surface area contributed by atoms with Gasteiger partial charge in [-0.05, 0) is 30.9 Å². The number of nitrogens with two attached hydrogens (primary N) is 1. The molecule has 0 saturated heterocycles. The van der Waals surface area contributed by atoms with Gasteiger partial charge in [0.1, 0.15) is 5.82 Å². The number of aromatic nitrogens is 1. The molecule has 82 valence electrons. The summed E-state index contributed by atoms with van der Waals surface area (Å²) in [5.74, 6) is 1.42. The van der Waals surface area contributed by atoms with Crippen molar-refractivity contribution in [2.45, 2.75) is 32.1 Å². The van der Waals surface area contributed by atoms with Gasteiger partial charge in [-0.15, -0.1) is 0 Å². The maximum atomic E-state index is 5.76. The Morgan fingerprint density at radius 3 is 2.87 bits per heavy atom. The average molecular weight is 205 g/mol. The van der Waals surface area contributed by atoms with Crippen LogP contribution in [-0.2, 0) is 0 Å². The molecule has 1 saturated carbocycles. The number of hydrogen-bond donors (Lipinski definition) is 2. The van der Waals surface area contributed by atoms with Crippen molar-refractivity contribution in [3.05, 3.63) is 18.3 Å². The van der Waals surface area contributed by atoms with Gasteiger partial charge in [0.25, 0.3) is 0 Å². The second kappa shape index (κ2) is 5.01. The normalized spacial score (nSPS) is 17.6. The Kier molecular flexibility index (Phi) is 3.43. The zero-order valence-electron chi connectivity index (χ0n) is 9.08. The lowest BCUT2D eigenvalue weighted by Gasteiger charge is -2.22. The molecule has 1 aromatic rings. The lowest BCUT2D eigenvalue weighted by Crippen LogP contribution is -2.17. The largest absolute Gasteiger partial charge is 0.382 e. The topological polar surface area (TPSA) is 50.9 Å². The minimum Gasteiger partial charge on any atom is -0.382 e. The van der Waals surface area contributed by atoms with Gasteiger partial charge in [-0.25, -0.2) is 4.98 Å². The van der Waals surface area contributed by atoms with Crippen LogP contribution in [0.4, 0.5) is 11.5 Å². The molecule has 0 spiro atoms. The molecule has 3 N–H and O–H groups in total. The standard InChI is InChI=1S/C12H19N3/c13-12-11(7-4-8-14-12)15-9-10-5-2-1-3-6-10/h4,7-8,10,15H,1-3,5-6,9H2,(H2,13,14). The first-order valence-corrected chi connectivity index (χ1v) is 5.80. The predicted octanol–water partition coefficient (Wildman–Crippen LogP) is 2.66. The van der Waals surface area contributed by atoms with Crippen LogP contribution < -0.4 is 11.1 Å². The number of hydrogen-bond acceptors (Lipinski definition) is 3. The van der Waals surface area contributed by atoms with E-state index in [2.05, 4.69) is 10.3 Å². The van der Waals surface area contributed by atoms with Crippen molar-refractivity contribution in [1.82, 2.24) is 4.98 Å². The molecule has 1 aromatic heterocycles. The summed E-state index contributed by atoms with van der Waals surface area (Å²) < 4.78 is 0. The zero-order valence-corrected chi connectivity index (χ0v) is 9.08. The molecule has 3 heteroatoms. The molecule has 0 bridgehead atoms. The van der Waals surface area contributed by atoms with Crippen molar-refractivity contribution in [3.8, 4) is 0 Å². The van der Waals surface area contributed by atoms with Gasteiger partial charge in [0.2, 0.25) is 0 Å². The first kappa shape index (κ1) is 10.3. The fourth-order valence-electron chi connectivity index (χ4n) is 2.21. The van der Waals surface area contributed by atoms with Crippen molar-refractivity contribution < 1.29 is 0 Å². The Morgan fingerprint density at radius 1 is 1.33 bits per heavy atom. The van der Waals surface area contributed by atoms with Gasteiger partial charge < -0.3 is 11.1 Å². The molecule has 1 fully saturated rings. The summed E-state index contributed by atoms with van der Waals surface area (Å²) in [6.45, 7) is 1.04. The van der Waals surface area contributed by atoms with Gasteiger partial charge in [0.05, 0.1) is 5.69 Å². The van der Waals surface area contributed by atoms with Crippen LogP contribution in [0, 0.1) is 5.92 Å². The van der Waals surface area contributed by atoms with E-state index >= 15 is 0 Å². The minimum atomic E-state index is 0.605. The van der Waals surface area contributed by atoms with Crippen LogP contribution in [-0.4, -0.2) is 11.5 Å². The number of pyridine rings is 1. The number of anilines is 2. The molecule has 0 radical (unpaired) electrons. The first-order chi connectivity index (χ1) is 7.36. The van der Waals surface area contributed by atoms with E-state index in [4.69, 9.17) is 5.73 Å². The van der Waals surface area contributed by atoms with E-state index in [1.807, 2.05) is 12.1 Å². The van der Waals surface area contributed by atoms with Gasteiger partial charge in [-0.3, -0.25) is 0 Å².